The number of ether oxygens (including phenoxy) is 2. The van der Waals surface area contributed by atoms with E-state index in [4.69, 9.17) is 15.2 Å². The summed E-state index contributed by atoms with van der Waals surface area (Å²) in [5, 5.41) is 4.18. The summed E-state index contributed by atoms with van der Waals surface area (Å²) in [5.41, 5.74) is 8.30. The van der Waals surface area contributed by atoms with Gasteiger partial charge in [-0.25, -0.2) is 0 Å². The van der Waals surface area contributed by atoms with Gasteiger partial charge in [-0.15, -0.1) is 0 Å². The summed E-state index contributed by atoms with van der Waals surface area (Å²) in [5.74, 6) is 1.63. The molecule has 0 bridgehead atoms. The van der Waals surface area contributed by atoms with Crippen molar-refractivity contribution in [1.82, 2.24) is 9.78 Å². The lowest BCUT2D eigenvalue weighted by atomic mass is 9.95. The molecule has 0 saturated heterocycles. The van der Waals surface area contributed by atoms with E-state index < -0.39 is 0 Å². The first-order chi connectivity index (χ1) is 9.17. The number of aromatic nitrogens is 2. The first-order valence-corrected chi connectivity index (χ1v) is 6.26. The third kappa shape index (κ3) is 2.17. The highest BCUT2D eigenvalue weighted by Gasteiger charge is 2.28. The molecule has 5 heteroatoms. The van der Waals surface area contributed by atoms with Crippen molar-refractivity contribution in [3.63, 3.8) is 0 Å². The summed E-state index contributed by atoms with van der Waals surface area (Å²) < 4.78 is 13.0. The van der Waals surface area contributed by atoms with Crippen LogP contribution in [0.1, 0.15) is 29.7 Å². The van der Waals surface area contributed by atoms with E-state index in [1.54, 1.807) is 11.8 Å². The van der Waals surface area contributed by atoms with Crippen LogP contribution < -0.4 is 15.2 Å². The standard InChI is InChI=1S/C14H17N3O2/c1-17-8-9(7-16-17)14-6-12(15)11-5-10(18-2)3-4-13(11)19-14/h3-5,7-8,12,14H,6,15H2,1-2H3/t12-,14?/m0/s1. The minimum Gasteiger partial charge on any atom is -0.497 e. The molecule has 2 aromatic rings. The van der Waals surface area contributed by atoms with Crippen molar-refractivity contribution >= 4 is 0 Å². The maximum atomic E-state index is 6.24. The van der Waals surface area contributed by atoms with Crippen molar-refractivity contribution in [2.45, 2.75) is 18.6 Å². The number of hydrogen-bond donors (Lipinski definition) is 1. The van der Waals surface area contributed by atoms with Crippen molar-refractivity contribution in [3.8, 4) is 11.5 Å². The molecule has 2 N–H and O–H groups in total. The van der Waals surface area contributed by atoms with Crippen LogP contribution in [-0.2, 0) is 7.05 Å². The Bertz CT molecular complexity index is 594. The topological polar surface area (TPSA) is 62.3 Å². The lowest BCUT2D eigenvalue weighted by Gasteiger charge is -2.30. The Morgan fingerprint density at radius 3 is 3.00 bits per heavy atom. The summed E-state index contributed by atoms with van der Waals surface area (Å²) in [6, 6.07) is 5.69. The molecule has 1 aromatic heterocycles. The van der Waals surface area contributed by atoms with Gasteiger partial charge in [0.25, 0.3) is 0 Å². The number of rotatable bonds is 2. The maximum absolute atomic E-state index is 6.24. The van der Waals surface area contributed by atoms with Crippen LogP contribution in [0.15, 0.2) is 30.6 Å². The highest BCUT2D eigenvalue weighted by molar-refractivity contribution is 5.44. The Labute approximate surface area is 111 Å². The number of benzene rings is 1. The van der Waals surface area contributed by atoms with Gasteiger partial charge in [0.1, 0.15) is 17.6 Å². The molecule has 0 radical (unpaired) electrons. The second kappa shape index (κ2) is 4.59. The van der Waals surface area contributed by atoms with E-state index in [-0.39, 0.29) is 12.1 Å². The van der Waals surface area contributed by atoms with Gasteiger partial charge in [0.05, 0.1) is 13.3 Å². The van der Waals surface area contributed by atoms with Crippen molar-refractivity contribution in [2.24, 2.45) is 12.8 Å². The zero-order valence-corrected chi connectivity index (χ0v) is 11.0. The van der Waals surface area contributed by atoms with Crippen LogP contribution in [0.2, 0.25) is 0 Å². The molecular formula is C14H17N3O2. The Morgan fingerprint density at radius 1 is 1.47 bits per heavy atom. The minimum absolute atomic E-state index is 0.0374. The molecule has 0 amide bonds. The smallest absolute Gasteiger partial charge is 0.129 e. The Hall–Kier alpha value is -2.01. The quantitative estimate of drug-likeness (QED) is 0.895. The van der Waals surface area contributed by atoms with E-state index in [2.05, 4.69) is 5.10 Å². The maximum Gasteiger partial charge on any atom is 0.129 e. The van der Waals surface area contributed by atoms with Gasteiger partial charge in [-0.1, -0.05) is 0 Å². The van der Waals surface area contributed by atoms with E-state index in [0.717, 1.165) is 29.0 Å². The molecular weight excluding hydrogens is 242 g/mol. The summed E-state index contributed by atoms with van der Waals surface area (Å²) in [6.07, 6.45) is 4.49. The van der Waals surface area contributed by atoms with Crippen LogP contribution in [0.4, 0.5) is 0 Å². The van der Waals surface area contributed by atoms with Crippen molar-refractivity contribution < 1.29 is 9.47 Å². The molecule has 0 aliphatic carbocycles. The number of nitrogens with zero attached hydrogens (tertiary/aromatic N) is 2. The zero-order chi connectivity index (χ0) is 13.4. The van der Waals surface area contributed by atoms with Crippen molar-refractivity contribution in [3.05, 3.63) is 41.7 Å². The highest BCUT2D eigenvalue weighted by Crippen LogP contribution is 2.40. The third-order valence-corrected chi connectivity index (χ3v) is 3.45. The van der Waals surface area contributed by atoms with Gasteiger partial charge < -0.3 is 15.2 Å². The van der Waals surface area contributed by atoms with Crippen LogP contribution in [0.3, 0.4) is 0 Å². The first kappa shape index (κ1) is 12.0. The van der Waals surface area contributed by atoms with Crippen LogP contribution in [0, 0.1) is 0 Å². The van der Waals surface area contributed by atoms with E-state index in [0.29, 0.717) is 0 Å². The van der Waals surface area contributed by atoms with Crippen molar-refractivity contribution in [2.75, 3.05) is 7.11 Å². The van der Waals surface area contributed by atoms with Gasteiger partial charge in [-0.05, 0) is 18.2 Å². The van der Waals surface area contributed by atoms with Gasteiger partial charge in [0, 0.05) is 36.8 Å². The summed E-state index contributed by atoms with van der Waals surface area (Å²) >= 11 is 0. The number of nitrogens with two attached hydrogens (primary N) is 1. The van der Waals surface area contributed by atoms with E-state index in [1.807, 2.05) is 37.6 Å². The number of methoxy groups -OCH3 is 1. The van der Waals surface area contributed by atoms with Gasteiger partial charge in [0.15, 0.2) is 0 Å². The van der Waals surface area contributed by atoms with Gasteiger partial charge in [-0.2, -0.15) is 5.10 Å². The summed E-state index contributed by atoms with van der Waals surface area (Å²) in [4.78, 5) is 0. The molecule has 0 saturated carbocycles. The number of hydrogen-bond acceptors (Lipinski definition) is 4. The predicted octanol–water partition coefficient (Wildman–Crippen LogP) is 1.95. The number of aryl methyl sites for hydroxylation is 1. The Morgan fingerprint density at radius 2 is 2.32 bits per heavy atom. The second-order valence-electron chi connectivity index (χ2n) is 4.80. The zero-order valence-electron chi connectivity index (χ0n) is 11.0. The molecule has 1 aromatic carbocycles. The molecule has 5 nitrogen and oxygen atoms in total. The normalized spacial score (nSPS) is 21.6. The van der Waals surface area contributed by atoms with Gasteiger partial charge >= 0.3 is 0 Å². The lowest BCUT2D eigenvalue weighted by Crippen LogP contribution is -2.24. The molecule has 0 spiro atoms. The lowest BCUT2D eigenvalue weighted by molar-refractivity contribution is 0.161. The molecule has 2 atom stereocenters. The molecule has 3 rings (SSSR count). The third-order valence-electron chi connectivity index (χ3n) is 3.45. The molecule has 1 aliphatic rings. The largest absolute Gasteiger partial charge is 0.497 e. The van der Waals surface area contributed by atoms with Crippen LogP contribution in [0.5, 0.6) is 11.5 Å². The fraction of sp³-hybridized carbons (Fsp3) is 0.357. The monoisotopic (exact) mass is 259 g/mol. The molecule has 100 valence electrons. The van der Waals surface area contributed by atoms with Crippen LogP contribution >= 0.6 is 0 Å². The van der Waals surface area contributed by atoms with E-state index in [9.17, 15) is 0 Å². The SMILES string of the molecule is COc1ccc2c(c1)[C@@H](N)CC(c1cnn(C)c1)O2. The second-order valence-corrected chi connectivity index (χ2v) is 4.80. The summed E-state index contributed by atoms with van der Waals surface area (Å²) in [6.45, 7) is 0. The fourth-order valence-corrected chi connectivity index (χ4v) is 2.42. The molecule has 19 heavy (non-hydrogen) atoms. The molecule has 0 fully saturated rings. The summed E-state index contributed by atoms with van der Waals surface area (Å²) in [7, 11) is 3.54. The van der Waals surface area contributed by atoms with Crippen LogP contribution in [-0.4, -0.2) is 16.9 Å². The number of fused-ring (bicyclic) bond motifs is 1. The fourth-order valence-electron chi connectivity index (χ4n) is 2.42. The molecule has 1 unspecified atom stereocenters. The Kier molecular flexibility index (Phi) is 2.91. The molecule has 2 heterocycles. The Balaban J connectivity index is 1.92. The highest BCUT2D eigenvalue weighted by atomic mass is 16.5. The van der Waals surface area contributed by atoms with E-state index >= 15 is 0 Å². The average Bonchev–Trinajstić information content (AvgIpc) is 2.85. The van der Waals surface area contributed by atoms with E-state index in [1.165, 1.54) is 0 Å². The average molecular weight is 259 g/mol. The molecule has 1 aliphatic heterocycles. The first-order valence-electron chi connectivity index (χ1n) is 6.26. The minimum atomic E-state index is -0.0518. The predicted molar refractivity (Wildman–Crippen MR) is 71.1 cm³/mol. The van der Waals surface area contributed by atoms with Crippen LogP contribution in [0.25, 0.3) is 0 Å². The van der Waals surface area contributed by atoms with Gasteiger partial charge in [0.2, 0.25) is 0 Å². The van der Waals surface area contributed by atoms with Crippen molar-refractivity contribution in [1.29, 1.82) is 0 Å². The van der Waals surface area contributed by atoms with Gasteiger partial charge in [-0.3, -0.25) is 4.68 Å².